The van der Waals surface area contributed by atoms with Crippen LogP contribution >= 0.6 is 0 Å². The largest absolute Gasteiger partial charge is 0.468 e. The van der Waals surface area contributed by atoms with E-state index in [1.807, 2.05) is 27.7 Å². The second-order valence-electron chi connectivity index (χ2n) is 6.08. The molecule has 3 atom stereocenters. The summed E-state index contributed by atoms with van der Waals surface area (Å²) in [6.07, 6.45) is -1.37. The SMILES string of the molecule is CCO[C@@H]1OC(C)=C(C(=O)O[C@H]2C(=O)OCC2(C)C)[C@@H]1C. The standard InChI is InChI=1S/C15H22O6/c1-6-18-14-8(2)10(9(3)20-14)12(16)21-11-13(17)19-7-15(11,4)5/h8,11,14H,6-7H2,1-5H3/t8-,11-,14+/m0/s1. The van der Waals surface area contributed by atoms with Crippen LogP contribution < -0.4 is 0 Å². The summed E-state index contributed by atoms with van der Waals surface area (Å²) in [6, 6.07) is 0. The van der Waals surface area contributed by atoms with Gasteiger partial charge in [0.15, 0.2) is 0 Å². The van der Waals surface area contributed by atoms with E-state index in [2.05, 4.69) is 0 Å². The molecule has 0 aromatic heterocycles. The quantitative estimate of drug-likeness (QED) is 0.737. The summed E-state index contributed by atoms with van der Waals surface area (Å²) < 4.78 is 21.3. The average molecular weight is 298 g/mol. The van der Waals surface area contributed by atoms with Crippen molar-refractivity contribution in [3.8, 4) is 0 Å². The van der Waals surface area contributed by atoms with Crippen LogP contribution in [0.3, 0.4) is 0 Å². The molecule has 0 radical (unpaired) electrons. The first-order chi connectivity index (χ1) is 9.77. The van der Waals surface area contributed by atoms with Crippen LogP contribution in [0.15, 0.2) is 11.3 Å². The molecule has 2 heterocycles. The maximum absolute atomic E-state index is 12.4. The van der Waals surface area contributed by atoms with Gasteiger partial charge in [0, 0.05) is 12.0 Å². The van der Waals surface area contributed by atoms with E-state index >= 15 is 0 Å². The fourth-order valence-corrected chi connectivity index (χ4v) is 2.57. The Hall–Kier alpha value is -1.56. The summed E-state index contributed by atoms with van der Waals surface area (Å²) in [5.74, 6) is -0.799. The third-order valence-electron chi connectivity index (χ3n) is 3.82. The first-order valence-corrected chi connectivity index (χ1v) is 7.14. The average Bonchev–Trinajstić information content (AvgIpc) is 2.81. The zero-order chi connectivity index (χ0) is 15.8. The number of cyclic esters (lactones) is 1. The Balaban J connectivity index is 2.10. The first-order valence-electron chi connectivity index (χ1n) is 7.14. The highest BCUT2D eigenvalue weighted by atomic mass is 16.7. The monoisotopic (exact) mass is 298 g/mol. The van der Waals surface area contributed by atoms with Crippen LogP contribution in [0.2, 0.25) is 0 Å². The molecule has 0 aliphatic carbocycles. The van der Waals surface area contributed by atoms with Gasteiger partial charge in [-0.15, -0.1) is 0 Å². The van der Waals surface area contributed by atoms with Gasteiger partial charge in [0.25, 0.3) is 0 Å². The van der Waals surface area contributed by atoms with Gasteiger partial charge in [0.05, 0.1) is 11.5 Å². The van der Waals surface area contributed by atoms with Crippen molar-refractivity contribution in [1.29, 1.82) is 0 Å². The molecular formula is C15H22O6. The number of carbonyl (C=O) groups excluding carboxylic acids is 2. The molecule has 6 nitrogen and oxygen atoms in total. The van der Waals surface area contributed by atoms with Crippen molar-refractivity contribution in [3.63, 3.8) is 0 Å². The van der Waals surface area contributed by atoms with Gasteiger partial charge < -0.3 is 18.9 Å². The Bertz CT molecular complexity index is 479. The molecule has 21 heavy (non-hydrogen) atoms. The van der Waals surface area contributed by atoms with Gasteiger partial charge in [-0.25, -0.2) is 9.59 Å². The van der Waals surface area contributed by atoms with Crippen molar-refractivity contribution >= 4 is 11.9 Å². The van der Waals surface area contributed by atoms with Crippen molar-refractivity contribution in [2.24, 2.45) is 11.3 Å². The molecular weight excluding hydrogens is 276 g/mol. The second kappa shape index (κ2) is 5.67. The van der Waals surface area contributed by atoms with Gasteiger partial charge in [-0.05, 0) is 13.8 Å². The Kier molecular flexibility index (Phi) is 4.27. The normalized spacial score (nSPS) is 31.1. The highest BCUT2D eigenvalue weighted by Crippen LogP contribution is 2.35. The molecule has 2 aliphatic heterocycles. The van der Waals surface area contributed by atoms with E-state index in [4.69, 9.17) is 18.9 Å². The van der Waals surface area contributed by atoms with E-state index in [1.54, 1.807) is 6.92 Å². The number of hydrogen-bond donors (Lipinski definition) is 0. The Morgan fingerprint density at radius 1 is 1.43 bits per heavy atom. The minimum absolute atomic E-state index is 0.238. The molecule has 2 aliphatic rings. The van der Waals surface area contributed by atoms with E-state index in [1.165, 1.54) is 0 Å². The zero-order valence-corrected chi connectivity index (χ0v) is 13.1. The van der Waals surface area contributed by atoms with Crippen LogP contribution in [0.1, 0.15) is 34.6 Å². The lowest BCUT2D eigenvalue weighted by Gasteiger charge is -2.22. The third kappa shape index (κ3) is 2.90. The Morgan fingerprint density at radius 2 is 2.10 bits per heavy atom. The van der Waals surface area contributed by atoms with Crippen LogP contribution in [0.5, 0.6) is 0 Å². The van der Waals surface area contributed by atoms with E-state index < -0.39 is 29.7 Å². The van der Waals surface area contributed by atoms with Crippen molar-refractivity contribution in [2.75, 3.05) is 13.2 Å². The number of rotatable bonds is 4. The highest BCUT2D eigenvalue weighted by Gasteiger charge is 2.48. The summed E-state index contributed by atoms with van der Waals surface area (Å²) in [5, 5.41) is 0. The Morgan fingerprint density at radius 3 is 2.62 bits per heavy atom. The van der Waals surface area contributed by atoms with Crippen molar-refractivity contribution in [2.45, 2.75) is 47.0 Å². The fraction of sp³-hybridized carbons (Fsp3) is 0.733. The lowest BCUT2D eigenvalue weighted by Crippen LogP contribution is -2.36. The summed E-state index contributed by atoms with van der Waals surface area (Å²) >= 11 is 0. The van der Waals surface area contributed by atoms with Crippen molar-refractivity contribution in [3.05, 3.63) is 11.3 Å². The molecule has 1 saturated heterocycles. The van der Waals surface area contributed by atoms with Gasteiger partial charge in [-0.1, -0.05) is 20.8 Å². The Labute approximate surface area is 124 Å². The highest BCUT2D eigenvalue weighted by molar-refractivity contribution is 5.92. The third-order valence-corrected chi connectivity index (χ3v) is 3.82. The van der Waals surface area contributed by atoms with Gasteiger partial charge in [-0.3, -0.25) is 0 Å². The van der Waals surface area contributed by atoms with E-state index in [0.29, 0.717) is 17.9 Å². The van der Waals surface area contributed by atoms with E-state index in [0.717, 1.165) is 0 Å². The second-order valence-corrected chi connectivity index (χ2v) is 6.08. The maximum atomic E-state index is 12.4. The molecule has 0 aromatic rings. The van der Waals surface area contributed by atoms with Crippen LogP contribution in [-0.4, -0.2) is 37.5 Å². The number of carbonyl (C=O) groups is 2. The lowest BCUT2D eigenvalue weighted by molar-refractivity contribution is -0.160. The van der Waals surface area contributed by atoms with Crippen molar-refractivity contribution < 1.29 is 28.5 Å². The topological polar surface area (TPSA) is 71.1 Å². The number of ether oxygens (including phenoxy) is 4. The van der Waals surface area contributed by atoms with Crippen LogP contribution in [0.4, 0.5) is 0 Å². The minimum atomic E-state index is -0.886. The van der Waals surface area contributed by atoms with E-state index in [-0.39, 0.29) is 12.5 Å². The van der Waals surface area contributed by atoms with E-state index in [9.17, 15) is 9.59 Å². The summed E-state index contributed by atoms with van der Waals surface area (Å²) in [6.45, 7) is 9.79. The lowest BCUT2D eigenvalue weighted by atomic mass is 9.89. The van der Waals surface area contributed by atoms with Gasteiger partial charge in [-0.2, -0.15) is 0 Å². The summed E-state index contributed by atoms with van der Waals surface area (Å²) in [5.41, 5.74) is -0.104. The first kappa shape index (κ1) is 15.8. The molecule has 0 spiro atoms. The number of esters is 2. The molecule has 0 saturated carbocycles. The van der Waals surface area contributed by atoms with Crippen LogP contribution in [-0.2, 0) is 28.5 Å². The predicted octanol–water partition coefficient (Wildman–Crippen LogP) is 1.78. The van der Waals surface area contributed by atoms with Crippen molar-refractivity contribution in [1.82, 2.24) is 0 Å². The predicted molar refractivity (Wildman–Crippen MR) is 73.0 cm³/mol. The maximum Gasteiger partial charge on any atom is 0.348 e. The van der Waals surface area contributed by atoms with Crippen LogP contribution in [0.25, 0.3) is 0 Å². The van der Waals surface area contributed by atoms with Gasteiger partial charge in [0.2, 0.25) is 12.4 Å². The fourth-order valence-electron chi connectivity index (χ4n) is 2.57. The smallest absolute Gasteiger partial charge is 0.348 e. The molecule has 2 rings (SSSR count). The molecule has 0 bridgehead atoms. The summed E-state index contributed by atoms with van der Waals surface area (Å²) in [7, 11) is 0. The minimum Gasteiger partial charge on any atom is -0.468 e. The zero-order valence-electron chi connectivity index (χ0n) is 13.1. The summed E-state index contributed by atoms with van der Waals surface area (Å²) in [4.78, 5) is 24.1. The molecule has 0 amide bonds. The molecule has 0 unspecified atom stereocenters. The van der Waals surface area contributed by atoms with Crippen LogP contribution in [0, 0.1) is 11.3 Å². The van der Waals surface area contributed by atoms with Gasteiger partial charge >= 0.3 is 11.9 Å². The molecule has 118 valence electrons. The molecule has 1 fully saturated rings. The van der Waals surface area contributed by atoms with Gasteiger partial charge in [0.1, 0.15) is 12.4 Å². The molecule has 0 aromatic carbocycles. The number of hydrogen-bond acceptors (Lipinski definition) is 6. The number of allylic oxidation sites excluding steroid dienone is 1. The molecule has 6 heteroatoms. The molecule has 0 N–H and O–H groups in total.